The Labute approximate surface area is 161 Å². The summed E-state index contributed by atoms with van der Waals surface area (Å²) >= 11 is 0. The van der Waals surface area contributed by atoms with Crippen molar-refractivity contribution in [3.05, 3.63) is 90.3 Å². The molecule has 140 valence electrons. The van der Waals surface area contributed by atoms with Gasteiger partial charge in [-0.3, -0.25) is 4.79 Å². The molecular formula is C22H19N3O3. The predicted octanol–water partition coefficient (Wildman–Crippen LogP) is 3.17. The normalized spacial score (nSPS) is 12.0. The molecule has 0 radical (unpaired) electrons. The van der Waals surface area contributed by atoms with Gasteiger partial charge in [-0.15, -0.1) is 0 Å². The maximum Gasteiger partial charge on any atom is 0.252 e. The van der Waals surface area contributed by atoms with Gasteiger partial charge in [0.2, 0.25) is 0 Å². The molecule has 2 heterocycles. The van der Waals surface area contributed by atoms with Gasteiger partial charge in [-0.05, 0) is 29.8 Å². The minimum absolute atomic E-state index is 0.0703. The summed E-state index contributed by atoms with van der Waals surface area (Å²) < 4.78 is 1.81. The van der Waals surface area contributed by atoms with Gasteiger partial charge in [-0.25, -0.2) is 4.98 Å². The highest BCUT2D eigenvalue weighted by molar-refractivity contribution is 5.94. The molecule has 0 aliphatic carbocycles. The van der Waals surface area contributed by atoms with Crippen molar-refractivity contribution in [2.75, 3.05) is 6.54 Å². The number of hydrogen-bond acceptors (Lipinski definition) is 4. The number of hydrogen-bond donors (Lipinski definition) is 3. The Morgan fingerprint density at radius 2 is 1.75 bits per heavy atom. The maximum absolute atomic E-state index is 12.5. The highest BCUT2D eigenvalue weighted by Gasteiger charge is 2.12. The van der Waals surface area contributed by atoms with Crippen LogP contribution in [-0.4, -0.2) is 32.0 Å². The fourth-order valence-electron chi connectivity index (χ4n) is 2.98. The number of carbonyl (C=O) groups excluding carboxylic acids is 1. The molecule has 0 spiro atoms. The van der Waals surface area contributed by atoms with Gasteiger partial charge in [-0.1, -0.05) is 42.5 Å². The number of phenolic OH excluding ortho intramolecular Hbond substituents is 1. The zero-order valence-corrected chi connectivity index (χ0v) is 15.0. The zero-order chi connectivity index (χ0) is 19.5. The van der Waals surface area contributed by atoms with Gasteiger partial charge >= 0.3 is 0 Å². The highest BCUT2D eigenvalue weighted by Crippen LogP contribution is 2.19. The van der Waals surface area contributed by atoms with Crippen molar-refractivity contribution in [3.63, 3.8) is 0 Å². The molecular weight excluding hydrogens is 354 g/mol. The molecule has 0 fully saturated rings. The van der Waals surface area contributed by atoms with Crippen LogP contribution in [-0.2, 0) is 0 Å². The molecule has 0 saturated carbocycles. The Balaban J connectivity index is 1.47. The molecule has 0 bridgehead atoms. The number of pyridine rings is 1. The number of aromatic hydroxyl groups is 1. The van der Waals surface area contributed by atoms with Crippen LogP contribution in [0.15, 0.2) is 79.1 Å². The third kappa shape index (κ3) is 3.72. The standard InChI is InChI=1S/C22H19N3O3/c26-18-9-6-16(7-10-18)20(27)12-23-22(28)17-8-11-21-24-19(14-25(21)13-17)15-4-2-1-3-5-15/h1-11,13-14,20,26-27H,12H2,(H,23,28). The molecule has 0 aliphatic heterocycles. The van der Waals surface area contributed by atoms with E-state index in [0.29, 0.717) is 11.1 Å². The number of imidazole rings is 1. The lowest BCUT2D eigenvalue weighted by atomic mass is 10.1. The first-order chi connectivity index (χ1) is 13.6. The summed E-state index contributed by atoms with van der Waals surface area (Å²) in [5.74, 6) is -0.154. The summed E-state index contributed by atoms with van der Waals surface area (Å²) in [5.41, 5.74) is 3.69. The van der Waals surface area contributed by atoms with E-state index in [1.807, 2.05) is 40.9 Å². The van der Waals surface area contributed by atoms with Crippen LogP contribution < -0.4 is 5.32 Å². The largest absolute Gasteiger partial charge is 0.508 e. The number of aliphatic hydroxyl groups excluding tert-OH is 1. The molecule has 6 nitrogen and oxygen atoms in total. The number of amides is 1. The second-order valence-corrected chi connectivity index (χ2v) is 6.49. The molecule has 3 N–H and O–H groups in total. The van der Waals surface area contributed by atoms with E-state index in [-0.39, 0.29) is 18.2 Å². The van der Waals surface area contributed by atoms with Gasteiger partial charge < -0.3 is 19.9 Å². The van der Waals surface area contributed by atoms with Crippen LogP contribution in [0.5, 0.6) is 5.75 Å². The lowest BCUT2D eigenvalue weighted by molar-refractivity contribution is 0.0916. The lowest BCUT2D eigenvalue weighted by Gasteiger charge is -2.12. The van der Waals surface area contributed by atoms with E-state index in [0.717, 1.165) is 16.9 Å². The number of aromatic nitrogens is 2. The van der Waals surface area contributed by atoms with Crippen LogP contribution >= 0.6 is 0 Å². The fourth-order valence-corrected chi connectivity index (χ4v) is 2.98. The van der Waals surface area contributed by atoms with Gasteiger partial charge in [0.15, 0.2) is 0 Å². The van der Waals surface area contributed by atoms with Crippen LogP contribution in [0.1, 0.15) is 22.0 Å². The number of carbonyl (C=O) groups is 1. The second kappa shape index (κ2) is 7.54. The molecule has 0 saturated heterocycles. The van der Waals surface area contributed by atoms with Crippen molar-refractivity contribution in [2.24, 2.45) is 0 Å². The van der Waals surface area contributed by atoms with Gasteiger partial charge in [0.05, 0.1) is 17.4 Å². The van der Waals surface area contributed by atoms with Crippen molar-refractivity contribution in [1.29, 1.82) is 0 Å². The summed E-state index contributed by atoms with van der Waals surface area (Å²) in [5, 5.41) is 22.2. The lowest BCUT2D eigenvalue weighted by Crippen LogP contribution is -2.28. The monoisotopic (exact) mass is 373 g/mol. The number of rotatable bonds is 5. The van der Waals surface area contributed by atoms with E-state index in [9.17, 15) is 15.0 Å². The summed E-state index contributed by atoms with van der Waals surface area (Å²) in [6.07, 6.45) is 2.75. The van der Waals surface area contributed by atoms with Crippen molar-refractivity contribution in [1.82, 2.24) is 14.7 Å². The van der Waals surface area contributed by atoms with Crippen LogP contribution in [0, 0.1) is 0 Å². The third-order valence-corrected chi connectivity index (χ3v) is 4.52. The first-order valence-electron chi connectivity index (χ1n) is 8.89. The van der Waals surface area contributed by atoms with Crippen LogP contribution in [0.4, 0.5) is 0 Å². The number of nitrogens with zero attached hydrogens (tertiary/aromatic N) is 2. The smallest absolute Gasteiger partial charge is 0.252 e. The van der Waals surface area contributed by atoms with Crippen molar-refractivity contribution >= 4 is 11.6 Å². The highest BCUT2D eigenvalue weighted by atomic mass is 16.3. The van der Waals surface area contributed by atoms with E-state index in [1.165, 1.54) is 12.1 Å². The van der Waals surface area contributed by atoms with Crippen LogP contribution in [0.2, 0.25) is 0 Å². The second-order valence-electron chi connectivity index (χ2n) is 6.49. The van der Waals surface area contributed by atoms with Crippen LogP contribution in [0.25, 0.3) is 16.9 Å². The van der Waals surface area contributed by atoms with E-state index < -0.39 is 6.10 Å². The Morgan fingerprint density at radius 1 is 1.00 bits per heavy atom. The summed E-state index contributed by atoms with van der Waals surface area (Å²) in [4.78, 5) is 17.0. The van der Waals surface area contributed by atoms with Crippen LogP contribution in [0.3, 0.4) is 0 Å². The van der Waals surface area contributed by atoms with Gasteiger partial charge in [0.1, 0.15) is 11.4 Å². The molecule has 1 atom stereocenters. The number of fused-ring (bicyclic) bond motifs is 1. The van der Waals surface area contributed by atoms with Crippen molar-refractivity contribution < 1.29 is 15.0 Å². The fraction of sp³-hybridized carbons (Fsp3) is 0.0909. The Morgan fingerprint density at radius 3 is 2.50 bits per heavy atom. The first-order valence-corrected chi connectivity index (χ1v) is 8.89. The van der Waals surface area contributed by atoms with Crippen molar-refractivity contribution in [2.45, 2.75) is 6.10 Å². The van der Waals surface area contributed by atoms with E-state index in [2.05, 4.69) is 10.3 Å². The SMILES string of the molecule is O=C(NCC(O)c1ccc(O)cc1)c1ccc2nc(-c3ccccc3)cn2c1. The Hall–Kier alpha value is -3.64. The van der Waals surface area contributed by atoms with Gasteiger partial charge in [0.25, 0.3) is 5.91 Å². The molecule has 6 heteroatoms. The average molecular weight is 373 g/mol. The Bertz CT molecular complexity index is 1110. The maximum atomic E-state index is 12.5. The third-order valence-electron chi connectivity index (χ3n) is 4.52. The number of phenols is 1. The van der Waals surface area contributed by atoms with Gasteiger partial charge in [-0.2, -0.15) is 0 Å². The summed E-state index contributed by atoms with van der Waals surface area (Å²) in [6.45, 7) is 0.0703. The molecule has 4 aromatic rings. The predicted molar refractivity (Wildman–Crippen MR) is 106 cm³/mol. The minimum Gasteiger partial charge on any atom is -0.508 e. The molecule has 1 amide bonds. The topological polar surface area (TPSA) is 86.9 Å². The Kier molecular flexibility index (Phi) is 4.78. The summed E-state index contributed by atoms with van der Waals surface area (Å²) in [6, 6.07) is 19.6. The molecule has 4 rings (SSSR count). The zero-order valence-electron chi connectivity index (χ0n) is 15.0. The van der Waals surface area contributed by atoms with E-state index >= 15 is 0 Å². The van der Waals surface area contributed by atoms with Gasteiger partial charge in [0, 0.05) is 24.5 Å². The minimum atomic E-state index is -0.855. The first kappa shape index (κ1) is 17.8. The molecule has 0 aliphatic rings. The molecule has 1 unspecified atom stereocenters. The van der Waals surface area contributed by atoms with Crippen molar-refractivity contribution in [3.8, 4) is 17.0 Å². The molecule has 2 aromatic carbocycles. The molecule has 28 heavy (non-hydrogen) atoms. The summed E-state index contributed by atoms with van der Waals surface area (Å²) in [7, 11) is 0. The van der Waals surface area contributed by atoms with E-state index in [4.69, 9.17) is 0 Å². The number of benzene rings is 2. The number of nitrogens with one attached hydrogen (secondary N) is 1. The molecule has 2 aromatic heterocycles. The quantitative estimate of drug-likeness (QED) is 0.501. The number of aliphatic hydroxyl groups is 1. The van der Waals surface area contributed by atoms with E-state index in [1.54, 1.807) is 30.5 Å². The average Bonchev–Trinajstić information content (AvgIpc) is 3.16.